The van der Waals surface area contributed by atoms with Crippen molar-refractivity contribution in [2.45, 2.75) is 24.2 Å². The van der Waals surface area contributed by atoms with Crippen LogP contribution < -0.4 is 21.3 Å². The monoisotopic (exact) mass is 330 g/mol. The lowest BCUT2D eigenvalue weighted by atomic mass is 9.96. The molecule has 0 aromatic carbocycles. The van der Waals surface area contributed by atoms with Crippen LogP contribution in [-0.4, -0.2) is 37.2 Å². The second-order valence-corrected chi connectivity index (χ2v) is 7.39. The van der Waals surface area contributed by atoms with E-state index in [0.29, 0.717) is 5.92 Å². The highest BCUT2D eigenvalue weighted by Gasteiger charge is 2.21. The van der Waals surface area contributed by atoms with Gasteiger partial charge in [0, 0.05) is 26.8 Å². The fraction of sp³-hybridized carbons (Fsp3) is 0.692. The van der Waals surface area contributed by atoms with Crippen LogP contribution in [0.15, 0.2) is 20.7 Å². The minimum Gasteiger partial charge on any atom is -0.316 e. The Balaban J connectivity index is 2.10. The summed E-state index contributed by atoms with van der Waals surface area (Å²) in [4.78, 5) is 23.2. The third-order valence-electron chi connectivity index (χ3n) is 3.95. The molecule has 22 heavy (non-hydrogen) atoms. The van der Waals surface area contributed by atoms with Crippen molar-refractivity contribution in [3.8, 4) is 0 Å². The van der Waals surface area contributed by atoms with E-state index >= 15 is 0 Å². The maximum Gasteiger partial charge on any atom is 0.330 e. The summed E-state index contributed by atoms with van der Waals surface area (Å²) in [5.41, 5.74) is -1.37. The Morgan fingerprint density at radius 3 is 2.73 bits per heavy atom. The van der Waals surface area contributed by atoms with E-state index in [2.05, 4.69) is 10.0 Å². The van der Waals surface area contributed by atoms with Gasteiger partial charge >= 0.3 is 5.69 Å². The van der Waals surface area contributed by atoms with Crippen LogP contribution in [0.4, 0.5) is 0 Å². The normalized spacial score (nSPS) is 19.3. The first-order chi connectivity index (χ1) is 10.3. The van der Waals surface area contributed by atoms with Crippen molar-refractivity contribution in [2.24, 2.45) is 20.0 Å². The van der Waals surface area contributed by atoms with Crippen molar-refractivity contribution in [2.75, 3.05) is 19.6 Å². The highest BCUT2D eigenvalue weighted by Crippen LogP contribution is 2.13. The number of hydrogen-bond donors (Lipinski definition) is 2. The molecule has 8 nitrogen and oxygen atoms in total. The minimum atomic E-state index is -3.92. The van der Waals surface area contributed by atoms with Crippen LogP contribution >= 0.6 is 0 Å². The molecule has 1 aliphatic rings. The summed E-state index contributed by atoms with van der Waals surface area (Å²) in [7, 11) is -1.24. The average molecular weight is 330 g/mol. The van der Waals surface area contributed by atoms with Gasteiger partial charge in [0.25, 0.3) is 5.56 Å². The summed E-state index contributed by atoms with van der Waals surface area (Å²) in [6.45, 7) is 2.18. The first-order valence-corrected chi connectivity index (χ1v) is 8.78. The van der Waals surface area contributed by atoms with Gasteiger partial charge in [0.15, 0.2) is 4.90 Å². The van der Waals surface area contributed by atoms with Gasteiger partial charge in [0.2, 0.25) is 10.0 Å². The summed E-state index contributed by atoms with van der Waals surface area (Å²) in [6, 6.07) is 0. The number of rotatable bonds is 5. The van der Waals surface area contributed by atoms with E-state index in [1.807, 2.05) is 0 Å². The van der Waals surface area contributed by atoms with Crippen LogP contribution in [0.5, 0.6) is 0 Å². The second kappa shape index (κ2) is 6.76. The molecule has 2 N–H and O–H groups in total. The van der Waals surface area contributed by atoms with Gasteiger partial charge in [-0.05, 0) is 38.3 Å². The molecule has 1 saturated heterocycles. The Morgan fingerprint density at radius 1 is 1.36 bits per heavy atom. The fourth-order valence-corrected chi connectivity index (χ4v) is 3.81. The van der Waals surface area contributed by atoms with Crippen molar-refractivity contribution in [3.05, 3.63) is 27.0 Å². The van der Waals surface area contributed by atoms with Gasteiger partial charge in [-0.1, -0.05) is 0 Å². The van der Waals surface area contributed by atoms with E-state index in [1.165, 1.54) is 14.1 Å². The lowest BCUT2D eigenvalue weighted by Crippen LogP contribution is -2.42. The Labute approximate surface area is 129 Å². The average Bonchev–Trinajstić information content (AvgIpc) is 2.49. The number of sulfonamides is 1. The van der Waals surface area contributed by atoms with E-state index in [-0.39, 0.29) is 6.54 Å². The zero-order chi connectivity index (χ0) is 16.3. The van der Waals surface area contributed by atoms with Gasteiger partial charge in [-0.15, -0.1) is 0 Å². The number of nitrogens with one attached hydrogen (secondary N) is 2. The SMILES string of the molecule is Cn1cc(S(=O)(=O)NCCC2CCCNC2)c(=O)n(C)c1=O. The third kappa shape index (κ3) is 3.65. The lowest BCUT2D eigenvalue weighted by Gasteiger charge is -2.22. The topological polar surface area (TPSA) is 102 Å². The van der Waals surface area contributed by atoms with Crippen molar-refractivity contribution < 1.29 is 8.42 Å². The number of piperidine rings is 1. The lowest BCUT2D eigenvalue weighted by molar-refractivity contribution is 0.358. The number of nitrogens with zero attached hydrogens (tertiary/aromatic N) is 2. The standard InChI is InChI=1S/C13H22N4O4S/c1-16-9-11(12(18)17(2)13(16)19)22(20,21)15-7-5-10-4-3-6-14-8-10/h9-10,14-15H,3-8H2,1-2H3. The van der Waals surface area contributed by atoms with Crippen LogP contribution in [0.2, 0.25) is 0 Å². The highest BCUT2D eigenvalue weighted by molar-refractivity contribution is 7.89. The van der Waals surface area contributed by atoms with Crippen molar-refractivity contribution in [1.82, 2.24) is 19.2 Å². The van der Waals surface area contributed by atoms with Gasteiger partial charge in [0.05, 0.1) is 0 Å². The maximum atomic E-state index is 12.3. The Hall–Kier alpha value is -1.45. The molecular weight excluding hydrogens is 308 g/mol. The molecule has 0 bridgehead atoms. The van der Waals surface area contributed by atoms with Crippen LogP contribution in [-0.2, 0) is 24.1 Å². The summed E-state index contributed by atoms with van der Waals surface area (Å²) in [6.07, 6.45) is 3.96. The minimum absolute atomic E-state index is 0.278. The van der Waals surface area contributed by atoms with Gasteiger partial charge in [-0.2, -0.15) is 0 Å². The molecule has 1 fully saturated rings. The molecule has 0 amide bonds. The molecule has 2 heterocycles. The zero-order valence-corrected chi connectivity index (χ0v) is 13.6. The van der Waals surface area contributed by atoms with Crippen LogP contribution in [0, 0.1) is 5.92 Å². The highest BCUT2D eigenvalue weighted by atomic mass is 32.2. The van der Waals surface area contributed by atoms with Gasteiger partial charge < -0.3 is 9.88 Å². The van der Waals surface area contributed by atoms with Crippen LogP contribution in [0.1, 0.15) is 19.3 Å². The molecule has 9 heteroatoms. The molecule has 0 spiro atoms. The van der Waals surface area contributed by atoms with E-state index in [4.69, 9.17) is 0 Å². The van der Waals surface area contributed by atoms with E-state index < -0.39 is 26.2 Å². The van der Waals surface area contributed by atoms with Gasteiger partial charge in [0.1, 0.15) is 0 Å². The summed E-state index contributed by atoms with van der Waals surface area (Å²) < 4.78 is 28.8. The van der Waals surface area contributed by atoms with Crippen molar-refractivity contribution in [1.29, 1.82) is 0 Å². The molecule has 0 radical (unpaired) electrons. The second-order valence-electron chi connectivity index (χ2n) is 5.65. The molecule has 1 unspecified atom stereocenters. The summed E-state index contributed by atoms with van der Waals surface area (Å²) in [5, 5.41) is 3.28. The van der Waals surface area contributed by atoms with Crippen LogP contribution in [0.25, 0.3) is 0 Å². The Morgan fingerprint density at radius 2 is 2.09 bits per heavy atom. The third-order valence-corrected chi connectivity index (χ3v) is 5.39. The van der Waals surface area contributed by atoms with Crippen molar-refractivity contribution in [3.63, 3.8) is 0 Å². The largest absolute Gasteiger partial charge is 0.330 e. The first-order valence-electron chi connectivity index (χ1n) is 7.30. The van der Waals surface area contributed by atoms with Gasteiger partial charge in [-0.25, -0.2) is 17.9 Å². The number of hydrogen-bond acceptors (Lipinski definition) is 5. The molecule has 1 aromatic heterocycles. The molecule has 2 rings (SSSR count). The molecule has 1 aromatic rings. The molecule has 1 aliphatic heterocycles. The summed E-state index contributed by atoms with van der Waals surface area (Å²) >= 11 is 0. The van der Waals surface area contributed by atoms with Crippen molar-refractivity contribution >= 4 is 10.0 Å². The molecule has 1 atom stereocenters. The maximum absolute atomic E-state index is 12.3. The zero-order valence-electron chi connectivity index (χ0n) is 12.8. The number of aromatic nitrogens is 2. The first kappa shape index (κ1) is 16.9. The quantitative estimate of drug-likeness (QED) is 0.702. The van der Waals surface area contributed by atoms with Gasteiger partial charge in [-0.3, -0.25) is 9.36 Å². The summed E-state index contributed by atoms with van der Waals surface area (Å²) in [5.74, 6) is 0.444. The van der Waals surface area contributed by atoms with Crippen LogP contribution in [0.3, 0.4) is 0 Å². The molecule has 0 saturated carbocycles. The molecule has 124 valence electrons. The Kier molecular flexibility index (Phi) is 5.20. The predicted molar refractivity (Wildman–Crippen MR) is 82.3 cm³/mol. The van der Waals surface area contributed by atoms with E-state index in [1.54, 1.807) is 0 Å². The van der Waals surface area contributed by atoms with E-state index in [0.717, 1.165) is 47.7 Å². The fourth-order valence-electron chi connectivity index (χ4n) is 2.60. The predicted octanol–water partition coefficient (Wildman–Crippen LogP) is -1.25. The molecule has 0 aliphatic carbocycles. The molecular formula is C13H22N4O4S. The Bertz CT molecular complexity index is 744. The number of aryl methyl sites for hydroxylation is 1. The smallest absolute Gasteiger partial charge is 0.316 e. The van der Waals surface area contributed by atoms with E-state index in [9.17, 15) is 18.0 Å².